The van der Waals surface area contributed by atoms with Crippen molar-refractivity contribution in [1.82, 2.24) is 0 Å². The van der Waals surface area contributed by atoms with Crippen LogP contribution in [0.25, 0.3) is 11.1 Å². The van der Waals surface area contributed by atoms with E-state index in [0.717, 1.165) is 39.1 Å². The first kappa shape index (κ1) is 17.8. The number of rotatable bonds is 5. The van der Waals surface area contributed by atoms with E-state index in [9.17, 15) is 0 Å². The lowest BCUT2D eigenvalue weighted by molar-refractivity contribution is 1.44. The van der Waals surface area contributed by atoms with Crippen molar-refractivity contribution >= 4 is 30.4 Å². The smallest absolute Gasteiger partial charge is 0.139 e. The van der Waals surface area contributed by atoms with Crippen molar-refractivity contribution in [2.75, 3.05) is 5.32 Å². The lowest BCUT2D eigenvalue weighted by atomic mass is 9.90. The van der Waals surface area contributed by atoms with E-state index in [-0.39, 0.29) is 0 Å². The van der Waals surface area contributed by atoms with Crippen molar-refractivity contribution in [3.05, 3.63) is 114 Å². The summed E-state index contributed by atoms with van der Waals surface area (Å²) in [6.07, 6.45) is 0. The molecule has 0 saturated carbocycles. The van der Waals surface area contributed by atoms with Gasteiger partial charge in [0.2, 0.25) is 0 Å². The van der Waals surface area contributed by atoms with E-state index < -0.39 is 0 Å². The lowest BCUT2D eigenvalue weighted by Crippen LogP contribution is -2.10. The molecule has 0 bridgehead atoms. The molecule has 4 rings (SSSR count). The Morgan fingerprint density at radius 3 is 2.11 bits per heavy atom. The molecule has 28 heavy (non-hydrogen) atoms. The van der Waals surface area contributed by atoms with Crippen LogP contribution in [-0.4, -0.2) is 13.6 Å². The Kier molecular flexibility index (Phi) is 5.07. The third-order valence-electron chi connectivity index (χ3n) is 4.76. The molecule has 0 radical (unpaired) electrons. The number of anilines is 2. The fourth-order valence-electron chi connectivity index (χ4n) is 3.30. The largest absolute Gasteiger partial charge is 0.355 e. The number of benzene rings is 4. The minimum atomic E-state index is 0.514. The van der Waals surface area contributed by atoms with Crippen LogP contribution < -0.4 is 10.8 Å². The van der Waals surface area contributed by atoms with Gasteiger partial charge in [0.15, 0.2) is 0 Å². The topological polar surface area (TPSA) is 35.9 Å². The van der Waals surface area contributed by atoms with Gasteiger partial charge in [-0.05, 0) is 41.0 Å². The van der Waals surface area contributed by atoms with Crippen molar-refractivity contribution in [3.63, 3.8) is 0 Å². The Labute approximate surface area is 166 Å². The number of hydrogen-bond acceptors (Lipinski definition) is 2. The maximum absolute atomic E-state index is 8.89. The van der Waals surface area contributed by atoms with Crippen LogP contribution in [-0.2, 0) is 0 Å². The van der Waals surface area contributed by atoms with Gasteiger partial charge in [0.1, 0.15) is 7.85 Å². The van der Waals surface area contributed by atoms with Gasteiger partial charge in [0.05, 0.1) is 5.71 Å². The quantitative estimate of drug-likeness (QED) is 0.390. The van der Waals surface area contributed by atoms with E-state index in [0.29, 0.717) is 5.71 Å². The van der Waals surface area contributed by atoms with E-state index in [1.54, 1.807) is 0 Å². The number of para-hydroxylation sites is 1. The number of nitrogens with one attached hydrogen (secondary N) is 2. The van der Waals surface area contributed by atoms with Crippen LogP contribution >= 0.6 is 0 Å². The molecule has 0 aliphatic heterocycles. The molecule has 0 aromatic heterocycles. The van der Waals surface area contributed by atoms with E-state index in [2.05, 4.69) is 55.6 Å². The fourth-order valence-corrected chi connectivity index (χ4v) is 3.30. The van der Waals surface area contributed by atoms with Crippen LogP contribution in [0.5, 0.6) is 0 Å². The minimum absolute atomic E-state index is 0.514. The molecule has 0 unspecified atom stereocenters. The van der Waals surface area contributed by atoms with E-state index in [1.807, 2.05) is 60.7 Å². The molecule has 0 spiro atoms. The third-order valence-corrected chi connectivity index (χ3v) is 4.76. The Morgan fingerprint density at radius 2 is 1.39 bits per heavy atom. The summed E-state index contributed by atoms with van der Waals surface area (Å²) < 4.78 is 0. The molecule has 4 aromatic rings. The van der Waals surface area contributed by atoms with Crippen molar-refractivity contribution in [1.29, 1.82) is 5.41 Å². The molecular formula is C25H21BN2. The SMILES string of the molecule is Bc1cccc(C(=N)c2cc(-c3ccccc3)ccc2Nc2ccccc2)c1. The van der Waals surface area contributed by atoms with Crippen LogP contribution in [0.15, 0.2) is 103 Å². The minimum Gasteiger partial charge on any atom is -0.355 e. The van der Waals surface area contributed by atoms with E-state index in [4.69, 9.17) is 5.41 Å². The predicted molar refractivity (Wildman–Crippen MR) is 122 cm³/mol. The zero-order chi connectivity index (χ0) is 19.3. The maximum Gasteiger partial charge on any atom is 0.139 e. The van der Waals surface area contributed by atoms with Crippen LogP contribution in [0, 0.1) is 5.41 Å². The molecule has 0 saturated heterocycles. The summed E-state index contributed by atoms with van der Waals surface area (Å²) in [6.45, 7) is 0. The zero-order valence-electron chi connectivity index (χ0n) is 15.8. The first-order valence-corrected chi connectivity index (χ1v) is 9.38. The molecule has 0 aliphatic carbocycles. The van der Waals surface area contributed by atoms with Crippen LogP contribution in [0.1, 0.15) is 11.1 Å². The van der Waals surface area contributed by atoms with E-state index >= 15 is 0 Å². The lowest BCUT2D eigenvalue weighted by Gasteiger charge is -2.16. The Morgan fingerprint density at radius 1 is 0.679 bits per heavy atom. The molecule has 0 fully saturated rings. The van der Waals surface area contributed by atoms with Crippen LogP contribution in [0.4, 0.5) is 11.4 Å². The normalized spacial score (nSPS) is 10.4. The molecule has 0 atom stereocenters. The monoisotopic (exact) mass is 360 g/mol. The van der Waals surface area contributed by atoms with Gasteiger partial charge in [-0.25, -0.2) is 0 Å². The molecule has 2 nitrogen and oxygen atoms in total. The molecule has 4 aromatic carbocycles. The highest BCUT2D eigenvalue weighted by atomic mass is 14.9. The third kappa shape index (κ3) is 3.89. The molecule has 2 N–H and O–H groups in total. The van der Waals surface area contributed by atoms with Crippen molar-refractivity contribution in [2.24, 2.45) is 0 Å². The molecule has 3 heteroatoms. The van der Waals surface area contributed by atoms with Gasteiger partial charge in [0, 0.05) is 16.9 Å². The summed E-state index contributed by atoms with van der Waals surface area (Å²) in [7, 11) is 2.06. The molecule has 0 amide bonds. The highest BCUT2D eigenvalue weighted by Gasteiger charge is 2.13. The Hall–Kier alpha value is -3.59. The van der Waals surface area contributed by atoms with Gasteiger partial charge >= 0.3 is 0 Å². The second-order valence-corrected chi connectivity index (χ2v) is 6.86. The zero-order valence-corrected chi connectivity index (χ0v) is 15.8. The van der Waals surface area contributed by atoms with Gasteiger partial charge in [-0.3, -0.25) is 5.41 Å². The first-order chi connectivity index (χ1) is 13.7. The summed E-state index contributed by atoms with van der Waals surface area (Å²) in [4.78, 5) is 0. The van der Waals surface area contributed by atoms with Crippen molar-refractivity contribution < 1.29 is 0 Å². The summed E-state index contributed by atoms with van der Waals surface area (Å²) in [5.74, 6) is 0. The van der Waals surface area contributed by atoms with E-state index in [1.165, 1.54) is 0 Å². The van der Waals surface area contributed by atoms with Crippen LogP contribution in [0.2, 0.25) is 0 Å². The van der Waals surface area contributed by atoms with Crippen LogP contribution in [0.3, 0.4) is 0 Å². The second kappa shape index (κ2) is 7.97. The summed E-state index contributed by atoms with van der Waals surface area (Å²) >= 11 is 0. The summed E-state index contributed by atoms with van der Waals surface area (Å²) in [6, 6.07) is 34.8. The first-order valence-electron chi connectivity index (χ1n) is 9.38. The fraction of sp³-hybridized carbons (Fsp3) is 0. The van der Waals surface area contributed by atoms with Gasteiger partial charge < -0.3 is 5.32 Å². The van der Waals surface area contributed by atoms with Gasteiger partial charge in [-0.15, -0.1) is 0 Å². The Balaban J connectivity index is 1.80. The van der Waals surface area contributed by atoms with Gasteiger partial charge in [-0.1, -0.05) is 84.3 Å². The molecular weight excluding hydrogens is 339 g/mol. The molecule has 134 valence electrons. The second-order valence-electron chi connectivity index (χ2n) is 6.86. The number of hydrogen-bond donors (Lipinski definition) is 2. The highest BCUT2D eigenvalue weighted by molar-refractivity contribution is 6.33. The highest BCUT2D eigenvalue weighted by Crippen LogP contribution is 2.29. The summed E-state index contributed by atoms with van der Waals surface area (Å²) in [5, 5.41) is 12.4. The summed E-state index contributed by atoms with van der Waals surface area (Å²) in [5.41, 5.74) is 7.65. The molecule has 0 heterocycles. The predicted octanol–water partition coefficient (Wildman–Crippen LogP) is 4.77. The standard InChI is InChI=1S/C25H21BN2/c26-21-11-7-10-20(16-21)25(27)23-17-19(18-8-3-1-4-9-18)14-15-24(23)28-22-12-5-2-6-13-22/h1-17,27-28H,26H2. The molecule has 0 aliphatic rings. The van der Waals surface area contributed by atoms with Gasteiger partial charge in [0.25, 0.3) is 0 Å². The van der Waals surface area contributed by atoms with Gasteiger partial charge in [-0.2, -0.15) is 0 Å². The van der Waals surface area contributed by atoms with Crippen molar-refractivity contribution in [3.8, 4) is 11.1 Å². The maximum atomic E-state index is 8.89. The van der Waals surface area contributed by atoms with Crippen molar-refractivity contribution in [2.45, 2.75) is 0 Å². The average Bonchev–Trinajstić information content (AvgIpc) is 2.75. The average molecular weight is 360 g/mol. The Bertz CT molecular complexity index is 1110.